The topological polar surface area (TPSA) is 61.8 Å². The van der Waals surface area contributed by atoms with Crippen molar-refractivity contribution >= 4 is 11.9 Å². The summed E-state index contributed by atoms with van der Waals surface area (Å²) in [6.45, 7) is 7.80. The zero-order valence-corrected chi connectivity index (χ0v) is 39.3. The number of ether oxygens (including phenoxy) is 3. The number of hydrogen-bond donors (Lipinski definition) is 0. The third-order valence-corrected chi connectivity index (χ3v) is 11.5. The highest BCUT2D eigenvalue weighted by molar-refractivity contribution is 5.70. The van der Waals surface area contributed by atoms with E-state index in [0.717, 1.165) is 51.4 Å². The fraction of sp³-hybridized carbons (Fsp3) is 0.887. The zero-order valence-electron chi connectivity index (χ0n) is 39.3. The van der Waals surface area contributed by atoms with Crippen molar-refractivity contribution in [1.29, 1.82) is 0 Å². The van der Waals surface area contributed by atoms with E-state index in [2.05, 4.69) is 45.1 Å². The fourth-order valence-corrected chi connectivity index (χ4v) is 7.61. The van der Waals surface area contributed by atoms with Gasteiger partial charge in [0.2, 0.25) is 0 Å². The summed E-state index contributed by atoms with van der Waals surface area (Å²) in [7, 11) is 0. The minimum Gasteiger partial charge on any atom is -0.462 e. The number of rotatable bonds is 48. The van der Waals surface area contributed by atoms with Crippen LogP contribution >= 0.6 is 0 Å². The number of unbranched alkanes of at least 4 members (excludes halogenated alkanes) is 33. The van der Waals surface area contributed by atoms with Gasteiger partial charge >= 0.3 is 11.9 Å². The molecule has 0 rings (SSSR count). The number of hydrogen-bond acceptors (Lipinski definition) is 5. The highest BCUT2D eigenvalue weighted by Crippen LogP contribution is 2.16. The monoisotopic (exact) mass is 817 g/mol. The molecule has 342 valence electrons. The first-order valence-corrected chi connectivity index (χ1v) is 25.9. The molecule has 0 radical (unpaired) electrons. The largest absolute Gasteiger partial charge is 0.462 e. The van der Waals surface area contributed by atoms with E-state index in [1.165, 1.54) is 193 Å². The summed E-state index contributed by atoms with van der Waals surface area (Å²) < 4.78 is 17.4. The van der Waals surface area contributed by atoms with Crippen LogP contribution in [0.5, 0.6) is 0 Å². The van der Waals surface area contributed by atoms with Gasteiger partial charge < -0.3 is 14.2 Å². The van der Waals surface area contributed by atoms with Gasteiger partial charge in [-0.1, -0.05) is 244 Å². The van der Waals surface area contributed by atoms with Crippen LogP contribution in [-0.4, -0.2) is 37.9 Å². The predicted octanol–water partition coefficient (Wildman–Crippen LogP) is 17.2. The predicted molar refractivity (Wildman–Crippen MR) is 252 cm³/mol. The third-order valence-electron chi connectivity index (χ3n) is 11.5. The van der Waals surface area contributed by atoms with Gasteiger partial charge in [-0.2, -0.15) is 0 Å². The molecule has 0 aromatic heterocycles. The average molecular weight is 817 g/mol. The molecule has 0 aliphatic rings. The lowest BCUT2D eigenvalue weighted by molar-refractivity contribution is -0.163. The highest BCUT2D eigenvalue weighted by Gasteiger charge is 2.17. The first-order chi connectivity index (χ1) is 28.6. The molecule has 58 heavy (non-hydrogen) atoms. The second-order valence-corrected chi connectivity index (χ2v) is 17.4. The van der Waals surface area contributed by atoms with E-state index >= 15 is 0 Å². The van der Waals surface area contributed by atoms with Gasteiger partial charge in [-0.25, -0.2) is 0 Å². The van der Waals surface area contributed by atoms with Gasteiger partial charge in [0.05, 0.1) is 6.61 Å². The lowest BCUT2D eigenvalue weighted by Crippen LogP contribution is -2.30. The fourth-order valence-electron chi connectivity index (χ4n) is 7.61. The smallest absolute Gasteiger partial charge is 0.306 e. The Morgan fingerprint density at radius 3 is 1.21 bits per heavy atom. The zero-order chi connectivity index (χ0) is 42.1. The molecule has 0 aromatic rings. The molecule has 0 aliphatic carbocycles. The lowest BCUT2D eigenvalue weighted by atomic mass is 10.0. The van der Waals surface area contributed by atoms with Crippen LogP contribution in [0.4, 0.5) is 0 Å². The molecule has 0 N–H and O–H groups in total. The van der Waals surface area contributed by atoms with Gasteiger partial charge in [0.25, 0.3) is 0 Å². The van der Waals surface area contributed by atoms with E-state index in [4.69, 9.17) is 14.2 Å². The molecule has 0 bridgehead atoms. The number of carbonyl (C=O) groups is 2. The molecule has 1 unspecified atom stereocenters. The summed E-state index contributed by atoms with van der Waals surface area (Å²) in [6, 6.07) is 0. The van der Waals surface area contributed by atoms with Crippen molar-refractivity contribution in [3.63, 3.8) is 0 Å². The molecular weight excluding hydrogens is 717 g/mol. The van der Waals surface area contributed by atoms with Crippen LogP contribution in [0.25, 0.3) is 0 Å². The Kier molecular flexibility index (Phi) is 48.4. The van der Waals surface area contributed by atoms with Crippen molar-refractivity contribution < 1.29 is 23.8 Å². The number of esters is 2. The molecule has 0 aromatic carbocycles. The molecule has 0 amide bonds. The Labute approximate surface area is 362 Å². The summed E-state index contributed by atoms with van der Waals surface area (Å²) in [5, 5.41) is 0. The van der Waals surface area contributed by atoms with Crippen LogP contribution in [0, 0.1) is 0 Å². The van der Waals surface area contributed by atoms with Crippen molar-refractivity contribution in [3.8, 4) is 0 Å². The SMILES string of the molecule is CCC/C=C\C/C=C\CCCCCCCC(=O)OC(COCCCCCCCCCCCC)COC(=O)CCCCCCCCCCCCCCCCCCCCC. The van der Waals surface area contributed by atoms with E-state index in [0.29, 0.717) is 19.4 Å². The Hall–Kier alpha value is -1.62. The second kappa shape index (κ2) is 49.7. The summed E-state index contributed by atoms with van der Waals surface area (Å²) in [5.74, 6) is -0.396. The van der Waals surface area contributed by atoms with Gasteiger partial charge in [0, 0.05) is 19.4 Å². The highest BCUT2D eigenvalue weighted by atomic mass is 16.6. The molecular formula is C53H100O5. The minimum atomic E-state index is -0.534. The molecule has 0 aliphatic heterocycles. The number of carbonyl (C=O) groups excluding carboxylic acids is 2. The standard InChI is InChI=1S/C53H100O5/c1-4-7-10-13-16-19-22-24-25-26-27-28-29-31-32-34-37-40-43-46-52(54)57-50-51(49-56-48-45-42-39-36-21-18-15-12-9-6-3)58-53(55)47-44-41-38-35-33-30-23-20-17-14-11-8-5-2/h11,14,20,23,51H,4-10,12-13,15-19,21-22,24-50H2,1-3H3/b14-11-,23-20-. The van der Waals surface area contributed by atoms with Gasteiger partial charge in [-0.05, 0) is 44.9 Å². The summed E-state index contributed by atoms with van der Waals surface area (Å²) in [4.78, 5) is 25.3. The quantitative estimate of drug-likeness (QED) is 0.0348. The van der Waals surface area contributed by atoms with Crippen LogP contribution in [0.2, 0.25) is 0 Å². The van der Waals surface area contributed by atoms with Gasteiger partial charge in [-0.15, -0.1) is 0 Å². The van der Waals surface area contributed by atoms with Gasteiger partial charge in [0.1, 0.15) is 6.61 Å². The molecule has 5 nitrogen and oxygen atoms in total. The molecule has 0 saturated heterocycles. The Bertz CT molecular complexity index is 882. The Morgan fingerprint density at radius 2 is 0.759 bits per heavy atom. The van der Waals surface area contributed by atoms with Crippen LogP contribution in [0.3, 0.4) is 0 Å². The molecule has 5 heteroatoms. The lowest BCUT2D eigenvalue weighted by Gasteiger charge is -2.18. The van der Waals surface area contributed by atoms with Gasteiger partial charge in [0.15, 0.2) is 6.10 Å². The summed E-state index contributed by atoms with van der Waals surface area (Å²) in [5.41, 5.74) is 0. The van der Waals surface area contributed by atoms with E-state index < -0.39 is 6.10 Å². The first kappa shape index (κ1) is 56.4. The minimum absolute atomic E-state index is 0.0869. The molecule has 0 saturated carbocycles. The van der Waals surface area contributed by atoms with Gasteiger partial charge in [-0.3, -0.25) is 9.59 Å². The molecule has 1 atom stereocenters. The molecule has 0 spiro atoms. The van der Waals surface area contributed by atoms with Crippen LogP contribution in [-0.2, 0) is 23.8 Å². The van der Waals surface area contributed by atoms with Crippen molar-refractivity contribution in [3.05, 3.63) is 24.3 Å². The Balaban J connectivity index is 4.14. The van der Waals surface area contributed by atoms with E-state index in [9.17, 15) is 9.59 Å². The summed E-state index contributed by atoms with van der Waals surface area (Å²) >= 11 is 0. The average Bonchev–Trinajstić information content (AvgIpc) is 3.22. The van der Waals surface area contributed by atoms with Crippen molar-refractivity contribution in [1.82, 2.24) is 0 Å². The Morgan fingerprint density at radius 1 is 0.379 bits per heavy atom. The van der Waals surface area contributed by atoms with E-state index in [1.54, 1.807) is 0 Å². The van der Waals surface area contributed by atoms with Crippen molar-refractivity contribution in [2.24, 2.45) is 0 Å². The third kappa shape index (κ3) is 47.1. The van der Waals surface area contributed by atoms with Crippen LogP contribution < -0.4 is 0 Å². The second-order valence-electron chi connectivity index (χ2n) is 17.4. The van der Waals surface area contributed by atoms with E-state index in [1.807, 2.05) is 0 Å². The normalized spacial score (nSPS) is 12.3. The van der Waals surface area contributed by atoms with Crippen molar-refractivity contribution in [2.45, 2.75) is 284 Å². The summed E-state index contributed by atoms with van der Waals surface area (Å²) in [6.07, 6.45) is 57.6. The molecule has 0 heterocycles. The molecule has 0 fully saturated rings. The van der Waals surface area contributed by atoms with Crippen LogP contribution in [0.1, 0.15) is 278 Å². The number of allylic oxidation sites excluding steroid dienone is 4. The maximum Gasteiger partial charge on any atom is 0.306 e. The first-order valence-electron chi connectivity index (χ1n) is 25.9. The maximum absolute atomic E-state index is 12.7. The van der Waals surface area contributed by atoms with E-state index in [-0.39, 0.29) is 25.2 Å². The maximum atomic E-state index is 12.7. The van der Waals surface area contributed by atoms with Crippen molar-refractivity contribution in [2.75, 3.05) is 19.8 Å². The van der Waals surface area contributed by atoms with Crippen LogP contribution in [0.15, 0.2) is 24.3 Å².